The van der Waals surface area contributed by atoms with Crippen LogP contribution in [0, 0.1) is 17.8 Å². The minimum Gasteiger partial charge on any atom is -0.477 e. The van der Waals surface area contributed by atoms with E-state index in [-0.39, 0.29) is 23.6 Å². The van der Waals surface area contributed by atoms with E-state index in [2.05, 4.69) is 10.6 Å². The van der Waals surface area contributed by atoms with Gasteiger partial charge in [0.1, 0.15) is 5.70 Å². The molecule has 0 aromatic heterocycles. The van der Waals surface area contributed by atoms with E-state index in [4.69, 9.17) is 0 Å². The van der Waals surface area contributed by atoms with E-state index in [1.165, 1.54) is 17.7 Å². The Balaban J connectivity index is 1.48. The summed E-state index contributed by atoms with van der Waals surface area (Å²) < 4.78 is 0. The molecule has 150 valence electrons. The number of hydrogen-bond donors (Lipinski definition) is 4. The molecule has 0 saturated carbocycles. The Kier molecular flexibility index (Phi) is 5.26. The van der Waals surface area contributed by atoms with Gasteiger partial charge in [0.05, 0.1) is 18.1 Å². The number of carboxylic acid groups (broad SMARTS) is 1. The lowest BCUT2D eigenvalue weighted by Gasteiger charge is -2.46. The molecular formula is C19H29N3O4S. The third-order valence-corrected chi connectivity index (χ3v) is 8.19. The van der Waals surface area contributed by atoms with Crippen LogP contribution in [0.15, 0.2) is 10.6 Å². The maximum absolute atomic E-state index is 12.4. The van der Waals surface area contributed by atoms with E-state index in [1.807, 2.05) is 6.92 Å². The highest BCUT2D eigenvalue weighted by molar-refractivity contribution is 8.03. The number of amides is 1. The number of carbonyl (C=O) groups is 2. The van der Waals surface area contributed by atoms with Crippen molar-refractivity contribution < 1.29 is 19.8 Å². The molecule has 4 heterocycles. The molecule has 4 N–H and O–H groups in total. The monoisotopic (exact) mass is 395 g/mol. The van der Waals surface area contributed by atoms with Crippen molar-refractivity contribution >= 4 is 23.6 Å². The van der Waals surface area contributed by atoms with Crippen LogP contribution >= 0.6 is 11.8 Å². The van der Waals surface area contributed by atoms with Gasteiger partial charge in [0.2, 0.25) is 5.91 Å². The van der Waals surface area contributed by atoms with Gasteiger partial charge in [-0.25, -0.2) is 4.79 Å². The third kappa shape index (κ3) is 3.20. The first-order chi connectivity index (χ1) is 12.9. The number of fused-ring (bicyclic) bond motifs is 1. The van der Waals surface area contributed by atoms with Gasteiger partial charge < -0.3 is 25.7 Å². The molecule has 7 nitrogen and oxygen atoms in total. The van der Waals surface area contributed by atoms with Crippen molar-refractivity contribution in [3.05, 3.63) is 10.6 Å². The number of nitrogens with zero attached hydrogens (tertiary/aromatic N) is 1. The van der Waals surface area contributed by atoms with E-state index in [1.54, 1.807) is 18.7 Å². The predicted molar refractivity (Wildman–Crippen MR) is 103 cm³/mol. The lowest BCUT2D eigenvalue weighted by atomic mass is 9.79. The first-order valence-corrected chi connectivity index (χ1v) is 10.9. The molecule has 3 saturated heterocycles. The highest BCUT2D eigenvalue weighted by Crippen LogP contribution is 2.52. The Morgan fingerprint density at radius 2 is 2.04 bits per heavy atom. The fourth-order valence-electron chi connectivity index (χ4n) is 5.29. The number of aliphatic hydroxyl groups excluding tert-OH is 1. The number of rotatable bonds is 5. The minimum atomic E-state index is -1.04. The summed E-state index contributed by atoms with van der Waals surface area (Å²) in [6.07, 6.45) is 2.67. The molecule has 0 radical (unpaired) electrons. The van der Waals surface area contributed by atoms with Crippen LogP contribution in [0.3, 0.4) is 0 Å². The second-order valence-electron chi connectivity index (χ2n) is 8.35. The van der Waals surface area contributed by atoms with Gasteiger partial charge in [-0.2, -0.15) is 0 Å². The number of thioether (sulfide) groups is 1. The fourth-order valence-corrected chi connectivity index (χ4v) is 6.78. The van der Waals surface area contributed by atoms with Crippen molar-refractivity contribution in [2.75, 3.05) is 19.6 Å². The average molecular weight is 396 g/mol. The summed E-state index contributed by atoms with van der Waals surface area (Å²) >= 11 is 1.64. The molecule has 4 aliphatic rings. The quantitative estimate of drug-likeness (QED) is 0.506. The Bertz CT molecular complexity index is 661. The molecule has 3 fully saturated rings. The summed E-state index contributed by atoms with van der Waals surface area (Å²) in [7, 11) is 0. The van der Waals surface area contributed by atoms with Gasteiger partial charge in [-0.1, -0.05) is 6.92 Å². The van der Waals surface area contributed by atoms with Gasteiger partial charge in [0, 0.05) is 28.7 Å². The molecule has 0 bridgehead atoms. The lowest BCUT2D eigenvalue weighted by Crippen LogP contribution is -2.63. The maximum Gasteiger partial charge on any atom is 0.353 e. The number of aliphatic carboxylic acids is 1. The maximum atomic E-state index is 12.4. The van der Waals surface area contributed by atoms with E-state index in [0.29, 0.717) is 17.2 Å². The number of aliphatic hydroxyl groups is 1. The number of β-lactam (4-membered cyclic amide) rings is 1. The van der Waals surface area contributed by atoms with Gasteiger partial charge in [-0.15, -0.1) is 11.8 Å². The molecule has 27 heavy (non-hydrogen) atoms. The van der Waals surface area contributed by atoms with E-state index in [0.717, 1.165) is 31.0 Å². The summed E-state index contributed by atoms with van der Waals surface area (Å²) in [5, 5.41) is 27.1. The van der Waals surface area contributed by atoms with Gasteiger partial charge in [-0.05, 0) is 45.2 Å². The highest BCUT2D eigenvalue weighted by Gasteiger charge is 2.60. The van der Waals surface area contributed by atoms with Gasteiger partial charge in [-0.3, -0.25) is 4.79 Å². The molecule has 4 aliphatic heterocycles. The smallest absolute Gasteiger partial charge is 0.353 e. The van der Waals surface area contributed by atoms with E-state index >= 15 is 0 Å². The lowest BCUT2D eigenvalue weighted by molar-refractivity contribution is -0.163. The molecule has 8 heteroatoms. The molecule has 0 spiro atoms. The average Bonchev–Trinajstić information content (AvgIpc) is 3.18. The first-order valence-electron chi connectivity index (χ1n) is 9.99. The normalized spacial score (nSPS) is 38.1. The van der Waals surface area contributed by atoms with Gasteiger partial charge in [0.15, 0.2) is 0 Å². The second kappa shape index (κ2) is 7.39. The fraction of sp³-hybridized carbons (Fsp3) is 0.789. The largest absolute Gasteiger partial charge is 0.477 e. The third-order valence-electron chi connectivity index (χ3n) is 6.68. The SMILES string of the molecule is C[C@@H](O)[C@H]1C(=O)N2C(C(=O)O)=C(S[C@@H]3CN[C@H](C4CCNCC4)C3)[C@H](C)[C@H]12. The van der Waals surface area contributed by atoms with Gasteiger partial charge >= 0.3 is 5.97 Å². The zero-order valence-electron chi connectivity index (χ0n) is 15.9. The Morgan fingerprint density at radius 3 is 2.67 bits per heavy atom. The minimum absolute atomic E-state index is 0.0451. The Labute approximate surface area is 163 Å². The van der Waals surface area contributed by atoms with E-state index in [9.17, 15) is 19.8 Å². The summed E-state index contributed by atoms with van der Waals surface area (Å²) in [5.74, 6) is -1.14. The Hall–Kier alpha value is -1.09. The standard InChI is InChI=1S/C19H29N3O4S/c1-9-15-14(10(2)23)18(24)22(15)16(19(25)26)17(9)27-12-7-13(21-8-12)11-3-5-20-6-4-11/h9-15,20-21,23H,3-8H2,1-2H3,(H,25,26)/t9-,10-,12+,13+,14-,15-/m1/s1. The molecular weight excluding hydrogens is 366 g/mol. The number of nitrogens with one attached hydrogen (secondary N) is 2. The predicted octanol–water partition coefficient (Wildman–Crippen LogP) is 0.603. The Morgan fingerprint density at radius 1 is 1.33 bits per heavy atom. The number of piperidine rings is 1. The van der Waals surface area contributed by atoms with Crippen LogP contribution in [0.5, 0.6) is 0 Å². The summed E-state index contributed by atoms with van der Waals surface area (Å²) in [6, 6.07) is 0.278. The molecule has 0 aliphatic carbocycles. The summed E-state index contributed by atoms with van der Waals surface area (Å²) in [4.78, 5) is 26.6. The van der Waals surface area contributed by atoms with E-state index < -0.39 is 18.0 Å². The van der Waals surface area contributed by atoms with Crippen molar-refractivity contribution in [3.63, 3.8) is 0 Å². The topological polar surface area (TPSA) is 102 Å². The number of carboxylic acids is 1. The van der Waals surface area contributed by atoms with Crippen LogP contribution < -0.4 is 10.6 Å². The molecule has 0 aromatic carbocycles. The second-order valence-corrected chi connectivity index (χ2v) is 9.69. The summed E-state index contributed by atoms with van der Waals surface area (Å²) in [6.45, 7) is 6.63. The van der Waals surface area contributed by atoms with Crippen LogP contribution in [0.4, 0.5) is 0 Å². The molecule has 6 atom stereocenters. The van der Waals surface area contributed by atoms with Crippen molar-refractivity contribution in [2.24, 2.45) is 17.8 Å². The van der Waals surface area contributed by atoms with Crippen molar-refractivity contribution in [2.45, 2.75) is 56.5 Å². The molecule has 0 unspecified atom stereocenters. The zero-order valence-corrected chi connectivity index (χ0v) is 16.7. The number of hydrogen-bond acceptors (Lipinski definition) is 6. The van der Waals surface area contributed by atoms with Crippen molar-refractivity contribution in [1.82, 2.24) is 15.5 Å². The summed E-state index contributed by atoms with van der Waals surface area (Å²) in [5.41, 5.74) is 0.143. The number of carbonyl (C=O) groups excluding carboxylic acids is 1. The van der Waals surface area contributed by atoms with Crippen LogP contribution in [-0.4, -0.2) is 70.1 Å². The molecule has 0 aromatic rings. The van der Waals surface area contributed by atoms with Crippen LogP contribution in [0.1, 0.15) is 33.1 Å². The van der Waals surface area contributed by atoms with Crippen molar-refractivity contribution in [3.8, 4) is 0 Å². The van der Waals surface area contributed by atoms with Crippen LogP contribution in [0.2, 0.25) is 0 Å². The molecule has 4 rings (SSSR count). The van der Waals surface area contributed by atoms with Crippen LogP contribution in [-0.2, 0) is 9.59 Å². The highest BCUT2D eigenvalue weighted by atomic mass is 32.2. The first kappa shape index (κ1) is 19.2. The molecule has 1 amide bonds. The van der Waals surface area contributed by atoms with Crippen molar-refractivity contribution in [1.29, 1.82) is 0 Å². The van der Waals surface area contributed by atoms with Crippen LogP contribution in [0.25, 0.3) is 0 Å². The van der Waals surface area contributed by atoms with Gasteiger partial charge in [0.25, 0.3) is 0 Å². The zero-order chi connectivity index (χ0) is 19.3.